The van der Waals surface area contributed by atoms with Gasteiger partial charge in [0.2, 0.25) is 0 Å². The molecule has 2 aromatic rings. The first-order valence-electron chi connectivity index (χ1n) is 6.84. The highest BCUT2D eigenvalue weighted by Gasteiger charge is 2.35. The normalized spacial score (nSPS) is 17.3. The van der Waals surface area contributed by atoms with E-state index in [0.717, 1.165) is 12.1 Å². The van der Waals surface area contributed by atoms with Gasteiger partial charge in [-0.2, -0.15) is 0 Å². The number of hydrogen-bond donors (Lipinski definition) is 1. The van der Waals surface area contributed by atoms with Crippen molar-refractivity contribution in [2.24, 2.45) is 0 Å². The standard InChI is InChI=1S/C14H12F3N3O3/c15-9-5-8(11-6-10(13(21)22)19-23-11)7-18-12(9)20-3-1-14(16,17)2-4-20/h5-7H,1-4H2,(H,21,22). The molecule has 3 rings (SSSR count). The van der Waals surface area contributed by atoms with E-state index >= 15 is 0 Å². The van der Waals surface area contributed by atoms with Crippen molar-refractivity contribution in [1.29, 1.82) is 0 Å². The number of hydrogen-bond acceptors (Lipinski definition) is 5. The van der Waals surface area contributed by atoms with Crippen molar-refractivity contribution >= 4 is 11.8 Å². The predicted molar refractivity (Wildman–Crippen MR) is 73.0 cm³/mol. The van der Waals surface area contributed by atoms with Gasteiger partial charge in [-0.15, -0.1) is 0 Å². The van der Waals surface area contributed by atoms with Crippen molar-refractivity contribution < 1.29 is 27.6 Å². The Hall–Kier alpha value is -2.58. The minimum Gasteiger partial charge on any atom is -0.476 e. The number of nitrogens with zero attached hydrogens (tertiary/aromatic N) is 3. The molecule has 9 heteroatoms. The molecule has 0 saturated carbocycles. The number of alkyl halides is 2. The fraction of sp³-hybridized carbons (Fsp3) is 0.357. The van der Waals surface area contributed by atoms with Crippen LogP contribution in [0.25, 0.3) is 11.3 Å². The van der Waals surface area contributed by atoms with Gasteiger partial charge in [-0.3, -0.25) is 0 Å². The van der Waals surface area contributed by atoms with Crippen LogP contribution in [0.1, 0.15) is 23.3 Å². The average molecular weight is 327 g/mol. The van der Waals surface area contributed by atoms with Crippen molar-refractivity contribution in [2.45, 2.75) is 18.8 Å². The van der Waals surface area contributed by atoms with Crippen LogP contribution in [-0.2, 0) is 0 Å². The van der Waals surface area contributed by atoms with Crippen molar-refractivity contribution in [3.05, 3.63) is 29.8 Å². The molecule has 1 fully saturated rings. The second kappa shape index (κ2) is 5.56. The van der Waals surface area contributed by atoms with Gasteiger partial charge in [-0.1, -0.05) is 5.16 Å². The van der Waals surface area contributed by atoms with Crippen LogP contribution in [0.4, 0.5) is 19.0 Å². The highest BCUT2D eigenvalue weighted by molar-refractivity contribution is 5.86. The molecule has 2 aromatic heterocycles. The highest BCUT2D eigenvalue weighted by atomic mass is 19.3. The average Bonchev–Trinajstić information content (AvgIpc) is 2.98. The molecule has 0 radical (unpaired) electrons. The molecule has 1 saturated heterocycles. The Morgan fingerprint density at radius 3 is 2.57 bits per heavy atom. The fourth-order valence-electron chi connectivity index (χ4n) is 2.36. The van der Waals surface area contributed by atoms with E-state index in [4.69, 9.17) is 9.63 Å². The minimum atomic E-state index is -2.72. The number of aromatic carboxylic acids is 1. The lowest BCUT2D eigenvalue weighted by Crippen LogP contribution is -2.40. The van der Waals surface area contributed by atoms with Gasteiger partial charge in [0.1, 0.15) is 0 Å². The number of piperidine rings is 1. The van der Waals surface area contributed by atoms with E-state index in [-0.39, 0.29) is 48.8 Å². The largest absolute Gasteiger partial charge is 0.476 e. The van der Waals surface area contributed by atoms with Gasteiger partial charge >= 0.3 is 5.97 Å². The van der Waals surface area contributed by atoms with E-state index in [1.54, 1.807) is 0 Å². The zero-order valence-corrected chi connectivity index (χ0v) is 11.8. The van der Waals surface area contributed by atoms with Gasteiger partial charge < -0.3 is 14.5 Å². The summed E-state index contributed by atoms with van der Waals surface area (Å²) in [5.74, 6) is -4.63. The zero-order chi connectivity index (χ0) is 16.6. The van der Waals surface area contributed by atoms with Gasteiger partial charge in [0.25, 0.3) is 5.92 Å². The monoisotopic (exact) mass is 327 g/mol. The molecule has 0 spiro atoms. The van der Waals surface area contributed by atoms with E-state index in [0.29, 0.717) is 0 Å². The summed E-state index contributed by atoms with van der Waals surface area (Å²) in [7, 11) is 0. The second-order valence-corrected chi connectivity index (χ2v) is 5.25. The van der Waals surface area contributed by atoms with E-state index in [1.807, 2.05) is 0 Å². The molecule has 3 heterocycles. The molecule has 0 unspecified atom stereocenters. The van der Waals surface area contributed by atoms with Crippen molar-refractivity contribution in [1.82, 2.24) is 10.1 Å². The SMILES string of the molecule is O=C(O)c1cc(-c2cnc(N3CCC(F)(F)CC3)c(F)c2)on1. The summed E-state index contributed by atoms with van der Waals surface area (Å²) < 4.78 is 45.3. The maximum absolute atomic E-state index is 14.2. The quantitative estimate of drug-likeness (QED) is 0.934. The van der Waals surface area contributed by atoms with Crippen LogP contribution in [0, 0.1) is 5.82 Å². The highest BCUT2D eigenvalue weighted by Crippen LogP contribution is 2.31. The van der Waals surface area contributed by atoms with Gasteiger partial charge in [0, 0.05) is 43.8 Å². The molecule has 0 atom stereocenters. The third-order valence-electron chi connectivity index (χ3n) is 3.63. The molecule has 1 aliphatic rings. The summed E-state index contributed by atoms with van der Waals surface area (Å²) in [5, 5.41) is 12.1. The Morgan fingerprint density at radius 2 is 2.00 bits per heavy atom. The number of pyridine rings is 1. The van der Waals surface area contributed by atoms with Crippen LogP contribution in [0.5, 0.6) is 0 Å². The second-order valence-electron chi connectivity index (χ2n) is 5.25. The van der Waals surface area contributed by atoms with Crippen molar-refractivity contribution in [2.75, 3.05) is 18.0 Å². The zero-order valence-electron chi connectivity index (χ0n) is 11.8. The summed E-state index contributed by atoms with van der Waals surface area (Å²) in [5.41, 5.74) is -0.0867. The number of aromatic nitrogens is 2. The van der Waals surface area contributed by atoms with E-state index in [2.05, 4.69) is 10.1 Å². The maximum Gasteiger partial charge on any atom is 0.358 e. The summed E-state index contributed by atoms with van der Waals surface area (Å²) in [6, 6.07) is 2.27. The topological polar surface area (TPSA) is 79.5 Å². The molecule has 0 bridgehead atoms. The molecule has 23 heavy (non-hydrogen) atoms. The van der Waals surface area contributed by atoms with E-state index in [9.17, 15) is 18.0 Å². The molecular formula is C14H12F3N3O3. The van der Waals surface area contributed by atoms with Gasteiger partial charge in [-0.25, -0.2) is 22.9 Å². The van der Waals surface area contributed by atoms with Gasteiger partial charge in [0.15, 0.2) is 23.1 Å². The molecule has 1 N–H and O–H groups in total. The lowest BCUT2D eigenvalue weighted by atomic mass is 10.1. The number of carboxylic acid groups (broad SMARTS) is 1. The lowest BCUT2D eigenvalue weighted by Gasteiger charge is -2.32. The van der Waals surface area contributed by atoms with Crippen LogP contribution in [0.2, 0.25) is 0 Å². The number of rotatable bonds is 3. The Balaban J connectivity index is 1.82. The first-order chi connectivity index (χ1) is 10.9. The Labute approximate surface area is 128 Å². The van der Waals surface area contributed by atoms with Crippen molar-refractivity contribution in [3.8, 4) is 11.3 Å². The number of anilines is 1. The summed E-state index contributed by atoms with van der Waals surface area (Å²) in [6.07, 6.45) is 0.594. The summed E-state index contributed by atoms with van der Waals surface area (Å²) in [4.78, 5) is 16.2. The molecule has 6 nitrogen and oxygen atoms in total. The smallest absolute Gasteiger partial charge is 0.358 e. The molecule has 0 aliphatic carbocycles. The predicted octanol–water partition coefficient (Wildman–Crippen LogP) is 2.81. The minimum absolute atomic E-state index is 0.0118. The fourth-order valence-corrected chi connectivity index (χ4v) is 2.36. The Bertz CT molecular complexity index is 738. The van der Waals surface area contributed by atoms with Crippen LogP contribution in [0.3, 0.4) is 0 Å². The number of halogens is 3. The van der Waals surface area contributed by atoms with Crippen molar-refractivity contribution in [3.63, 3.8) is 0 Å². The molecule has 1 aliphatic heterocycles. The van der Waals surface area contributed by atoms with Gasteiger partial charge in [0.05, 0.1) is 0 Å². The number of carboxylic acids is 1. The summed E-state index contributed by atoms with van der Waals surface area (Å²) >= 11 is 0. The summed E-state index contributed by atoms with van der Waals surface area (Å²) in [6.45, 7) is 0.0312. The van der Waals surface area contributed by atoms with Gasteiger partial charge in [-0.05, 0) is 6.07 Å². The van der Waals surface area contributed by atoms with Crippen LogP contribution >= 0.6 is 0 Å². The Morgan fingerprint density at radius 1 is 1.30 bits per heavy atom. The molecule has 0 amide bonds. The third-order valence-corrected chi connectivity index (χ3v) is 3.63. The Kier molecular flexibility index (Phi) is 3.70. The van der Waals surface area contributed by atoms with Crippen LogP contribution in [-0.4, -0.2) is 40.2 Å². The molecular weight excluding hydrogens is 315 g/mol. The first kappa shape index (κ1) is 15.3. The van der Waals surface area contributed by atoms with Crippen LogP contribution < -0.4 is 4.90 Å². The number of carbonyl (C=O) groups is 1. The third kappa shape index (κ3) is 3.13. The molecule has 0 aromatic carbocycles. The maximum atomic E-state index is 14.2. The lowest BCUT2D eigenvalue weighted by molar-refractivity contribution is -0.0222. The van der Waals surface area contributed by atoms with Crippen LogP contribution in [0.15, 0.2) is 22.9 Å². The molecule has 122 valence electrons. The van der Waals surface area contributed by atoms with E-state index < -0.39 is 17.7 Å². The van der Waals surface area contributed by atoms with E-state index in [1.165, 1.54) is 11.1 Å². The first-order valence-corrected chi connectivity index (χ1v) is 6.84.